The zero-order valence-corrected chi connectivity index (χ0v) is 21.5. The Morgan fingerprint density at radius 2 is 1.56 bits per heavy atom. The van der Waals surface area contributed by atoms with Crippen LogP contribution in [0.25, 0.3) is 0 Å². The zero-order valence-electron chi connectivity index (χ0n) is 19.0. The van der Waals surface area contributed by atoms with E-state index in [-0.39, 0.29) is 11.1 Å². The van der Waals surface area contributed by atoms with Crippen LogP contribution in [0, 0.1) is 0 Å². The van der Waals surface area contributed by atoms with Crippen molar-refractivity contribution >= 4 is 40.6 Å². The highest BCUT2D eigenvalue weighted by Gasteiger charge is 2.50. The lowest BCUT2D eigenvalue weighted by atomic mass is 10.2. The number of nitrogens with one attached hydrogen (secondary N) is 1. The molecule has 7 heteroatoms. The van der Waals surface area contributed by atoms with Gasteiger partial charge in [-0.25, -0.2) is 9.97 Å². The lowest BCUT2D eigenvalue weighted by Crippen LogP contribution is -2.68. The molecule has 0 radical (unpaired) electrons. The van der Waals surface area contributed by atoms with Crippen LogP contribution in [0.15, 0.2) is 77.5 Å². The lowest BCUT2D eigenvalue weighted by molar-refractivity contribution is 0.251. The van der Waals surface area contributed by atoms with E-state index in [4.69, 9.17) is 4.43 Å². The molecule has 0 aliphatic carbocycles. The first kappa shape index (κ1) is 23.1. The van der Waals surface area contributed by atoms with Crippen LogP contribution in [0.5, 0.6) is 0 Å². The average molecular weight is 512 g/mol. The summed E-state index contributed by atoms with van der Waals surface area (Å²) in [5, 5.41) is 6.08. The summed E-state index contributed by atoms with van der Waals surface area (Å²) in [6, 6.07) is 21.8. The van der Waals surface area contributed by atoms with Gasteiger partial charge in [-0.1, -0.05) is 81.4 Å². The highest BCUT2D eigenvalue weighted by Crippen LogP contribution is 2.37. The molecule has 1 atom stereocenters. The molecule has 2 heterocycles. The highest BCUT2D eigenvalue weighted by molar-refractivity contribution is 9.10. The molecule has 1 aromatic heterocycles. The molecule has 1 aliphatic rings. The lowest BCUT2D eigenvalue weighted by Gasteiger charge is -2.45. The molecule has 1 fully saturated rings. The van der Waals surface area contributed by atoms with Crippen LogP contribution in [-0.2, 0) is 4.43 Å². The molecule has 0 bridgehead atoms. The fourth-order valence-electron chi connectivity index (χ4n) is 4.61. The number of aromatic nitrogens is 2. The van der Waals surface area contributed by atoms with Gasteiger partial charge in [0.2, 0.25) is 5.95 Å². The van der Waals surface area contributed by atoms with Crippen LogP contribution >= 0.6 is 15.9 Å². The zero-order chi connectivity index (χ0) is 22.6. The monoisotopic (exact) mass is 510 g/mol. The standard InChI is InChI=1S/C25H31BrN4OSi/c1-25(2,3)32(22-10-6-4-7-11-22,23-12-8-5-9-13-23)31-19-21-18-27-14-15-30(21)24-28-16-20(26)17-29-24/h4-13,16-17,21,27H,14-15,18-19H2,1-3H3. The fraction of sp³-hybridized carbons (Fsp3) is 0.360. The minimum atomic E-state index is -2.58. The van der Waals surface area contributed by atoms with Gasteiger partial charge >= 0.3 is 0 Å². The van der Waals surface area contributed by atoms with Gasteiger partial charge < -0.3 is 14.6 Å². The molecule has 1 N–H and O–H groups in total. The van der Waals surface area contributed by atoms with Crippen LogP contribution in [0.2, 0.25) is 5.04 Å². The van der Waals surface area contributed by atoms with E-state index in [0.717, 1.165) is 30.1 Å². The van der Waals surface area contributed by atoms with Crippen LogP contribution in [0.1, 0.15) is 20.8 Å². The summed E-state index contributed by atoms with van der Waals surface area (Å²) < 4.78 is 8.06. The second-order valence-corrected chi connectivity index (χ2v) is 14.4. The van der Waals surface area contributed by atoms with Gasteiger partial charge in [0.1, 0.15) is 0 Å². The van der Waals surface area contributed by atoms with Crippen molar-refractivity contribution in [1.82, 2.24) is 15.3 Å². The molecule has 0 saturated carbocycles. The van der Waals surface area contributed by atoms with Crippen molar-refractivity contribution < 1.29 is 4.43 Å². The maximum Gasteiger partial charge on any atom is 0.261 e. The summed E-state index contributed by atoms with van der Waals surface area (Å²) in [7, 11) is -2.58. The average Bonchev–Trinajstić information content (AvgIpc) is 2.81. The van der Waals surface area contributed by atoms with Crippen LogP contribution in [0.4, 0.5) is 5.95 Å². The molecule has 0 spiro atoms. The maximum absolute atomic E-state index is 7.17. The Labute approximate surface area is 200 Å². The van der Waals surface area contributed by atoms with E-state index < -0.39 is 8.32 Å². The number of halogens is 1. The normalized spacial score (nSPS) is 17.4. The van der Waals surface area contributed by atoms with Crippen molar-refractivity contribution in [3.63, 3.8) is 0 Å². The van der Waals surface area contributed by atoms with Gasteiger partial charge in [-0.05, 0) is 31.3 Å². The summed E-state index contributed by atoms with van der Waals surface area (Å²) >= 11 is 3.44. The van der Waals surface area contributed by atoms with E-state index in [1.807, 2.05) is 12.4 Å². The van der Waals surface area contributed by atoms with Gasteiger partial charge in [-0.3, -0.25) is 0 Å². The van der Waals surface area contributed by atoms with Gasteiger partial charge in [0.25, 0.3) is 8.32 Å². The van der Waals surface area contributed by atoms with Crippen molar-refractivity contribution in [3.05, 3.63) is 77.5 Å². The van der Waals surface area contributed by atoms with Crippen LogP contribution in [0.3, 0.4) is 0 Å². The Hall–Kier alpha value is -2.06. The number of hydrogen-bond acceptors (Lipinski definition) is 5. The van der Waals surface area contributed by atoms with Crippen molar-refractivity contribution in [2.45, 2.75) is 31.9 Å². The first-order valence-corrected chi connectivity index (χ1v) is 13.8. The number of rotatable bonds is 6. The van der Waals surface area contributed by atoms with Gasteiger partial charge in [0.15, 0.2) is 0 Å². The van der Waals surface area contributed by atoms with E-state index >= 15 is 0 Å². The predicted molar refractivity (Wildman–Crippen MR) is 137 cm³/mol. The summed E-state index contributed by atoms with van der Waals surface area (Å²) in [5.41, 5.74) is 0. The Morgan fingerprint density at radius 1 is 1.00 bits per heavy atom. The molecule has 1 saturated heterocycles. The van der Waals surface area contributed by atoms with E-state index in [2.05, 4.69) is 118 Å². The molecule has 4 rings (SSSR count). The van der Waals surface area contributed by atoms with Crippen LogP contribution < -0.4 is 20.6 Å². The summed E-state index contributed by atoms with van der Waals surface area (Å²) in [6.07, 6.45) is 3.62. The third-order valence-electron chi connectivity index (χ3n) is 6.12. The summed E-state index contributed by atoms with van der Waals surface area (Å²) in [6.45, 7) is 10.2. The second-order valence-electron chi connectivity index (χ2n) is 9.23. The molecule has 3 aromatic rings. The van der Waals surface area contributed by atoms with Gasteiger partial charge in [-0.2, -0.15) is 0 Å². The largest absolute Gasteiger partial charge is 0.405 e. The summed E-state index contributed by atoms with van der Waals surface area (Å²) in [4.78, 5) is 11.4. The van der Waals surface area contributed by atoms with E-state index in [1.165, 1.54) is 10.4 Å². The first-order chi connectivity index (χ1) is 15.4. The third kappa shape index (κ3) is 4.66. The molecule has 0 amide bonds. The number of anilines is 1. The van der Waals surface area contributed by atoms with Crippen molar-refractivity contribution in [2.75, 3.05) is 31.1 Å². The topological polar surface area (TPSA) is 50.3 Å². The SMILES string of the molecule is CC(C)(C)[Si](OCC1CNCCN1c1ncc(Br)cn1)(c1ccccc1)c1ccccc1. The number of piperazine rings is 1. The molecule has 1 unspecified atom stereocenters. The first-order valence-electron chi connectivity index (χ1n) is 11.1. The summed E-state index contributed by atoms with van der Waals surface area (Å²) in [5.74, 6) is 0.755. The number of hydrogen-bond donors (Lipinski definition) is 1. The third-order valence-corrected chi connectivity index (χ3v) is 11.5. The van der Waals surface area contributed by atoms with Crippen molar-refractivity contribution in [3.8, 4) is 0 Å². The maximum atomic E-state index is 7.17. The molecular weight excluding hydrogens is 480 g/mol. The second kappa shape index (κ2) is 9.83. The van der Waals surface area contributed by atoms with E-state index in [0.29, 0.717) is 6.61 Å². The van der Waals surface area contributed by atoms with Gasteiger partial charge in [-0.15, -0.1) is 0 Å². The molecule has 168 valence electrons. The molecule has 32 heavy (non-hydrogen) atoms. The Morgan fingerprint density at radius 3 is 2.09 bits per heavy atom. The highest BCUT2D eigenvalue weighted by atomic mass is 79.9. The van der Waals surface area contributed by atoms with Gasteiger partial charge in [0, 0.05) is 32.0 Å². The van der Waals surface area contributed by atoms with Crippen molar-refractivity contribution in [1.29, 1.82) is 0 Å². The molecule has 1 aliphatic heterocycles. The Bertz CT molecular complexity index is 956. The van der Waals surface area contributed by atoms with Crippen LogP contribution in [-0.4, -0.2) is 50.6 Å². The minimum Gasteiger partial charge on any atom is -0.405 e. The number of benzene rings is 2. The van der Waals surface area contributed by atoms with Crippen molar-refractivity contribution in [2.24, 2.45) is 0 Å². The minimum absolute atomic E-state index is 0.0449. The molecule has 5 nitrogen and oxygen atoms in total. The quantitative estimate of drug-likeness (QED) is 0.513. The smallest absolute Gasteiger partial charge is 0.261 e. The predicted octanol–water partition coefficient (Wildman–Crippen LogP) is 3.59. The van der Waals surface area contributed by atoms with Gasteiger partial charge in [0.05, 0.1) is 17.1 Å². The molecule has 2 aromatic carbocycles. The number of nitrogens with zero attached hydrogens (tertiary/aromatic N) is 3. The Balaban J connectivity index is 1.70. The Kier molecular flexibility index (Phi) is 7.10. The molecular formula is C25H31BrN4OSi. The van der Waals surface area contributed by atoms with E-state index in [1.54, 1.807) is 0 Å². The fourth-order valence-corrected chi connectivity index (χ4v) is 9.41. The van der Waals surface area contributed by atoms with E-state index in [9.17, 15) is 0 Å².